The van der Waals surface area contributed by atoms with E-state index >= 15 is 0 Å². The third kappa shape index (κ3) is 3.85. The van der Waals surface area contributed by atoms with Gasteiger partial charge in [-0.05, 0) is 36.4 Å². The number of nitrogens with zero attached hydrogens (tertiary/aromatic N) is 2. The van der Waals surface area contributed by atoms with Gasteiger partial charge in [-0.1, -0.05) is 24.3 Å². The van der Waals surface area contributed by atoms with Gasteiger partial charge < -0.3 is 19.5 Å². The van der Waals surface area contributed by atoms with Gasteiger partial charge in [-0.25, -0.2) is 9.97 Å². The van der Waals surface area contributed by atoms with Crippen molar-refractivity contribution in [1.29, 1.82) is 0 Å². The Morgan fingerprint density at radius 3 is 2.33 bits per heavy atom. The second-order valence-electron chi connectivity index (χ2n) is 6.64. The van der Waals surface area contributed by atoms with Crippen LogP contribution in [0.3, 0.4) is 0 Å². The maximum atomic E-state index is 5.52. The topological polar surface area (TPSA) is 65.5 Å². The molecule has 4 rings (SSSR count). The van der Waals surface area contributed by atoms with Gasteiger partial charge in [0.15, 0.2) is 5.82 Å². The summed E-state index contributed by atoms with van der Waals surface area (Å²) in [5.74, 6) is 3.59. The molecule has 0 fully saturated rings. The van der Waals surface area contributed by atoms with Gasteiger partial charge in [0.25, 0.3) is 0 Å². The van der Waals surface area contributed by atoms with Crippen LogP contribution in [0.4, 0.5) is 5.82 Å². The van der Waals surface area contributed by atoms with Gasteiger partial charge in [-0.3, -0.25) is 0 Å². The number of fused-ring (bicyclic) bond motifs is 1. The lowest BCUT2D eigenvalue weighted by atomic mass is 10.1. The standard InChI is InChI=1S/C24H23N3O3/c1-28-17-13-12-16(22(14-17)30-3)15-25-23-18-8-4-6-10-20(18)26-24(27-23)19-9-5-7-11-21(19)29-2/h4-14H,15H2,1-3H3,(H,25,26,27). The SMILES string of the molecule is COc1ccc(CNc2nc(-c3ccccc3OC)nc3ccccc23)c(OC)c1. The summed E-state index contributed by atoms with van der Waals surface area (Å²) in [6.45, 7) is 0.541. The number of hydrogen-bond acceptors (Lipinski definition) is 6. The van der Waals surface area contributed by atoms with Crippen LogP contribution in [0.2, 0.25) is 0 Å². The highest BCUT2D eigenvalue weighted by molar-refractivity contribution is 5.90. The zero-order chi connectivity index (χ0) is 20.9. The number of hydrogen-bond donors (Lipinski definition) is 1. The fraction of sp³-hybridized carbons (Fsp3) is 0.167. The van der Waals surface area contributed by atoms with Gasteiger partial charge in [-0.15, -0.1) is 0 Å². The molecule has 0 amide bonds. The number of ether oxygens (including phenoxy) is 3. The van der Waals surface area contributed by atoms with Crippen molar-refractivity contribution in [2.45, 2.75) is 6.54 Å². The number of rotatable bonds is 7. The van der Waals surface area contributed by atoms with E-state index in [1.54, 1.807) is 21.3 Å². The Kier molecular flexibility index (Phi) is 5.66. The van der Waals surface area contributed by atoms with Gasteiger partial charge in [0.05, 0.1) is 32.4 Å². The number of aromatic nitrogens is 2. The Bertz CT molecular complexity index is 1180. The van der Waals surface area contributed by atoms with Crippen LogP contribution in [0.15, 0.2) is 66.7 Å². The smallest absolute Gasteiger partial charge is 0.165 e. The molecule has 0 aliphatic heterocycles. The second kappa shape index (κ2) is 8.69. The maximum absolute atomic E-state index is 5.52. The van der Waals surface area contributed by atoms with E-state index in [1.807, 2.05) is 66.7 Å². The van der Waals surface area contributed by atoms with E-state index in [1.165, 1.54) is 0 Å². The van der Waals surface area contributed by atoms with Crippen molar-refractivity contribution < 1.29 is 14.2 Å². The van der Waals surface area contributed by atoms with Crippen LogP contribution in [-0.4, -0.2) is 31.3 Å². The van der Waals surface area contributed by atoms with Crippen molar-refractivity contribution in [3.8, 4) is 28.6 Å². The maximum Gasteiger partial charge on any atom is 0.165 e. The number of anilines is 1. The fourth-order valence-electron chi connectivity index (χ4n) is 3.34. The van der Waals surface area contributed by atoms with Crippen LogP contribution in [0.1, 0.15) is 5.56 Å². The van der Waals surface area contributed by atoms with Gasteiger partial charge >= 0.3 is 0 Å². The first-order valence-corrected chi connectivity index (χ1v) is 9.58. The first kappa shape index (κ1) is 19.5. The summed E-state index contributed by atoms with van der Waals surface area (Å²) in [6.07, 6.45) is 0. The number of methoxy groups -OCH3 is 3. The van der Waals surface area contributed by atoms with E-state index in [4.69, 9.17) is 24.2 Å². The molecule has 1 heterocycles. The highest BCUT2D eigenvalue weighted by Gasteiger charge is 2.13. The minimum atomic E-state index is 0.541. The largest absolute Gasteiger partial charge is 0.497 e. The quantitative estimate of drug-likeness (QED) is 0.473. The van der Waals surface area contributed by atoms with E-state index in [9.17, 15) is 0 Å². The van der Waals surface area contributed by atoms with Crippen molar-refractivity contribution in [3.05, 3.63) is 72.3 Å². The summed E-state index contributed by atoms with van der Waals surface area (Å²) in [7, 11) is 4.94. The Hall–Kier alpha value is -3.80. The van der Waals surface area contributed by atoms with E-state index < -0.39 is 0 Å². The number of para-hydroxylation sites is 2. The Morgan fingerprint density at radius 1 is 0.767 bits per heavy atom. The van der Waals surface area contributed by atoms with Crippen LogP contribution in [0, 0.1) is 0 Å². The van der Waals surface area contributed by atoms with Crippen molar-refractivity contribution in [3.63, 3.8) is 0 Å². The van der Waals surface area contributed by atoms with Crippen molar-refractivity contribution >= 4 is 16.7 Å². The van der Waals surface area contributed by atoms with E-state index in [2.05, 4.69) is 5.32 Å². The zero-order valence-electron chi connectivity index (χ0n) is 17.2. The Labute approximate surface area is 175 Å². The first-order chi connectivity index (χ1) is 14.7. The normalized spacial score (nSPS) is 10.6. The molecule has 0 saturated carbocycles. The number of benzene rings is 3. The molecule has 152 valence electrons. The highest BCUT2D eigenvalue weighted by atomic mass is 16.5. The van der Waals surface area contributed by atoms with Crippen molar-refractivity contribution in [1.82, 2.24) is 9.97 Å². The van der Waals surface area contributed by atoms with E-state index in [0.29, 0.717) is 12.4 Å². The summed E-state index contributed by atoms with van der Waals surface area (Å²) < 4.78 is 16.3. The molecule has 0 radical (unpaired) electrons. The molecule has 1 aromatic heterocycles. The molecule has 6 heteroatoms. The van der Waals surface area contributed by atoms with Crippen LogP contribution < -0.4 is 19.5 Å². The average molecular weight is 401 g/mol. The lowest BCUT2D eigenvalue weighted by molar-refractivity contribution is 0.391. The minimum absolute atomic E-state index is 0.541. The van der Waals surface area contributed by atoms with Gasteiger partial charge in [0.1, 0.15) is 23.1 Å². The molecule has 0 saturated heterocycles. The summed E-state index contributed by atoms with van der Waals surface area (Å²) in [6, 6.07) is 21.4. The van der Waals surface area contributed by atoms with Gasteiger partial charge in [-0.2, -0.15) is 0 Å². The van der Waals surface area contributed by atoms with Gasteiger partial charge in [0.2, 0.25) is 0 Å². The molecule has 4 aromatic rings. The third-order valence-electron chi connectivity index (χ3n) is 4.89. The van der Waals surface area contributed by atoms with Crippen LogP contribution in [-0.2, 0) is 6.54 Å². The molecule has 0 bridgehead atoms. The molecule has 0 atom stereocenters. The molecular formula is C24H23N3O3. The van der Waals surface area contributed by atoms with E-state index in [-0.39, 0.29) is 0 Å². The third-order valence-corrected chi connectivity index (χ3v) is 4.89. The molecule has 30 heavy (non-hydrogen) atoms. The summed E-state index contributed by atoms with van der Waals surface area (Å²) in [5.41, 5.74) is 2.70. The molecular weight excluding hydrogens is 378 g/mol. The molecule has 6 nitrogen and oxygen atoms in total. The molecule has 3 aromatic carbocycles. The Morgan fingerprint density at radius 2 is 1.53 bits per heavy atom. The minimum Gasteiger partial charge on any atom is -0.497 e. The average Bonchev–Trinajstić information content (AvgIpc) is 2.82. The zero-order valence-corrected chi connectivity index (χ0v) is 17.2. The van der Waals surface area contributed by atoms with Crippen LogP contribution in [0.5, 0.6) is 17.2 Å². The first-order valence-electron chi connectivity index (χ1n) is 9.58. The highest BCUT2D eigenvalue weighted by Crippen LogP contribution is 2.31. The molecule has 0 unspecified atom stereocenters. The van der Waals surface area contributed by atoms with Crippen LogP contribution >= 0.6 is 0 Å². The van der Waals surface area contributed by atoms with Crippen LogP contribution in [0.25, 0.3) is 22.3 Å². The van der Waals surface area contributed by atoms with Crippen molar-refractivity contribution in [2.24, 2.45) is 0 Å². The summed E-state index contributed by atoms with van der Waals surface area (Å²) in [4.78, 5) is 9.57. The van der Waals surface area contributed by atoms with Crippen molar-refractivity contribution in [2.75, 3.05) is 26.6 Å². The summed E-state index contributed by atoms with van der Waals surface area (Å²) >= 11 is 0. The lowest BCUT2D eigenvalue weighted by Crippen LogP contribution is -2.06. The fourth-order valence-corrected chi connectivity index (χ4v) is 3.34. The predicted octanol–water partition coefficient (Wildman–Crippen LogP) is 4.93. The molecule has 0 aliphatic carbocycles. The monoisotopic (exact) mass is 401 g/mol. The van der Waals surface area contributed by atoms with Gasteiger partial charge in [0, 0.05) is 23.6 Å². The molecule has 0 aliphatic rings. The number of nitrogens with one attached hydrogen (secondary N) is 1. The van der Waals surface area contributed by atoms with E-state index in [0.717, 1.165) is 45.1 Å². The lowest BCUT2D eigenvalue weighted by Gasteiger charge is -2.14. The molecule has 0 spiro atoms. The second-order valence-corrected chi connectivity index (χ2v) is 6.64. The Balaban J connectivity index is 1.74. The predicted molar refractivity (Wildman–Crippen MR) is 118 cm³/mol. The molecule has 1 N–H and O–H groups in total. The summed E-state index contributed by atoms with van der Waals surface area (Å²) in [5, 5.41) is 4.40.